The smallest absolute Gasteiger partial charge is 0.744 e. The van der Waals surface area contributed by atoms with Crippen LogP contribution in [0.2, 0.25) is 0 Å². The zero-order valence-corrected chi connectivity index (χ0v) is 21.6. The minimum Gasteiger partial charge on any atom is -0.744 e. The van der Waals surface area contributed by atoms with Crippen LogP contribution in [0.5, 0.6) is 0 Å². The van der Waals surface area contributed by atoms with E-state index in [4.69, 9.17) is 9.56 Å². The predicted octanol–water partition coefficient (Wildman–Crippen LogP) is -1.72. The average Bonchev–Trinajstić information content (AvgIpc) is 3.18. The SMILES string of the molecule is NS(=O)(=O)c1cc(S(=O)(=O)[O-])c(NCc2ccco2)cc1S(=O)(=O)c1ccccc1.[K+]. The van der Waals surface area contributed by atoms with Gasteiger partial charge in [0.2, 0.25) is 19.9 Å². The van der Waals surface area contributed by atoms with Crippen molar-refractivity contribution in [3.63, 3.8) is 0 Å². The van der Waals surface area contributed by atoms with Crippen molar-refractivity contribution in [1.29, 1.82) is 0 Å². The number of rotatable bonds is 7. The second-order valence-electron chi connectivity index (χ2n) is 6.04. The summed E-state index contributed by atoms with van der Waals surface area (Å²) >= 11 is 0. The molecule has 0 saturated heterocycles. The van der Waals surface area contributed by atoms with Gasteiger partial charge < -0.3 is 14.3 Å². The van der Waals surface area contributed by atoms with Crippen molar-refractivity contribution in [3.05, 3.63) is 66.6 Å². The summed E-state index contributed by atoms with van der Waals surface area (Å²) < 4.78 is 90.5. The molecule has 0 amide bonds. The van der Waals surface area contributed by atoms with E-state index in [0.29, 0.717) is 11.8 Å². The Hall–Kier alpha value is -1.07. The molecule has 0 radical (unpaired) electrons. The Balaban J connectivity index is 0.00000341. The van der Waals surface area contributed by atoms with Crippen LogP contribution in [0.4, 0.5) is 5.69 Å². The molecule has 0 spiro atoms. The van der Waals surface area contributed by atoms with Crippen molar-refractivity contribution in [1.82, 2.24) is 0 Å². The third-order valence-electron chi connectivity index (χ3n) is 4.00. The van der Waals surface area contributed by atoms with Crippen LogP contribution in [0.3, 0.4) is 0 Å². The van der Waals surface area contributed by atoms with Crippen molar-refractivity contribution in [2.75, 3.05) is 5.32 Å². The van der Waals surface area contributed by atoms with E-state index in [1.54, 1.807) is 18.2 Å². The normalized spacial score (nSPS) is 12.2. The maximum absolute atomic E-state index is 13.1. The van der Waals surface area contributed by atoms with Crippen LogP contribution in [0.1, 0.15) is 5.76 Å². The first kappa shape index (κ1) is 26.2. The van der Waals surface area contributed by atoms with Gasteiger partial charge in [-0.05, 0) is 36.4 Å². The average molecular weight is 511 g/mol. The number of nitrogens with one attached hydrogen (secondary N) is 1. The molecule has 14 heteroatoms. The Kier molecular flexibility index (Phi) is 8.29. The molecule has 0 aliphatic carbocycles. The van der Waals surface area contributed by atoms with E-state index >= 15 is 0 Å². The molecule has 0 aliphatic rings. The first-order chi connectivity index (χ1) is 13.9. The van der Waals surface area contributed by atoms with E-state index in [0.717, 1.165) is 6.07 Å². The standard InChI is InChI=1S/C17H16N2O8S3.K/c18-29(22,23)17-10-15(30(24,25)26)14(19-11-12-5-4-8-27-12)9-16(17)28(20,21)13-6-2-1-3-7-13;/h1-10,19H,11H2,(H2,18,22,23)(H,24,25,26);/q;+1/p-1. The number of hydrogen-bond acceptors (Lipinski definition) is 9. The van der Waals surface area contributed by atoms with Crippen LogP contribution in [-0.4, -0.2) is 29.8 Å². The van der Waals surface area contributed by atoms with Crippen molar-refractivity contribution in [2.24, 2.45) is 5.14 Å². The van der Waals surface area contributed by atoms with Crippen LogP contribution < -0.4 is 61.8 Å². The molecule has 0 fully saturated rings. The molecule has 160 valence electrons. The zero-order chi connectivity index (χ0) is 22.2. The van der Waals surface area contributed by atoms with Gasteiger partial charge in [-0.15, -0.1) is 0 Å². The Morgan fingerprint density at radius 3 is 2.03 bits per heavy atom. The van der Waals surface area contributed by atoms with Crippen molar-refractivity contribution >= 4 is 35.7 Å². The maximum atomic E-state index is 13.1. The number of primary sulfonamides is 1. The summed E-state index contributed by atoms with van der Waals surface area (Å²) in [7, 11) is -14.3. The van der Waals surface area contributed by atoms with E-state index in [2.05, 4.69) is 5.32 Å². The zero-order valence-electron chi connectivity index (χ0n) is 16.0. The Bertz CT molecular complexity index is 1390. The minimum atomic E-state index is -5.19. The van der Waals surface area contributed by atoms with E-state index in [1.807, 2.05) is 0 Å². The fourth-order valence-electron chi connectivity index (χ4n) is 2.64. The summed E-state index contributed by atoms with van der Waals surface area (Å²) in [5.74, 6) is 0.354. The van der Waals surface area contributed by atoms with Gasteiger partial charge in [0.05, 0.1) is 33.2 Å². The van der Waals surface area contributed by atoms with Crippen LogP contribution >= 0.6 is 0 Å². The van der Waals surface area contributed by atoms with Crippen molar-refractivity contribution in [2.45, 2.75) is 26.1 Å². The number of benzene rings is 2. The van der Waals surface area contributed by atoms with Gasteiger partial charge in [0.25, 0.3) is 0 Å². The summed E-state index contributed by atoms with van der Waals surface area (Å²) in [6, 6.07) is 11.2. The molecule has 1 aromatic heterocycles. The molecule has 3 aromatic rings. The number of anilines is 1. The second-order valence-corrected chi connectivity index (χ2v) is 10.8. The minimum absolute atomic E-state index is 0. The van der Waals surface area contributed by atoms with Crippen molar-refractivity contribution < 1.29 is 85.6 Å². The van der Waals surface area contributed by atoms with Gasteiger partial charge in [-0.25, -0.2) is 30.4 Å². The molecule has 1 heterocycles. The van der Waals surface area contributed by atoms with Crippen LogP contribution in [0.25, 0.3) is 0 Å². The number of hydrogen-bond donors (Lipinski definition) is 2. The Morgan fingerprint density at radius 2 is 1.52 bits per heavy atom. The predicted molar refractivity (Wildman–Crippen MR) is 104 cm³/mol. The fourth-order valence-corrected chi connectivity index (χ4v) is 6.04. The fraction of sp³-hybridized carbons (Fsp3) is 0.0588. The van der Waals surface area contributed by atoms with Gasteiger partial charge in [-0.2, -0.15) is 0 Å². The molecule has 3 N–H and O–H groups in total. The first-order valence-corrected chi connectivity index (χ1v) is 12.6. The third-order valence-corrected chi connectivity index (χ3v) is 7.76. The summed E-state index contributed by atoms with van der Waals surface area (Å²) in [5.41, 5.74) is -0.414. The molecular formula is C17H15KN2O8S3. The Labute approximate surface area is 222 Å². The van der Waals surface area contributed by atoms with Crippen LogP contribution in [0.15, 0.2) is 84.9 Å². The van der Waals surface area contributed by atoms with Crippen LogP contribution in [0, 0.1) is 0 Å². The van der Waals surface area contributed by atoms with Gasteiger partial charge in [-0.3, -0.25) is 0 Å². The van der Waals surface area contributed by atoms with E-state index in [1.165, 1.54) is 30.5 Å². The number of furan rings is 1. The molecule has 0 bridgehead atoms. The van der Waals surface area contributed by atoms with Gasteiger partial charge in [0.1, 0.15) is 20.8 Å². The van der Waals surface area contributed by atoms with E-state index in [-0.39, 0.29) is 62.8 Å². The summed E-state index contributed by atoms with van der Waals surface area (Å²) in [6.07, 6.45) is 1.36. The summed E-state index contributed by atoms with van der Waals surface area (Å²) in [6.45, 7) is -0.102. The number of sulfonamides is 1. The van der Waals surface area contributed by atoms with Crippen LogP contribution in [-0.2, 0) is 36.5 Å². The van der Waals surface area contributed by atoms with Gasteiger partial charge >= 0.3 is 51.4 Å². The molecular weight excluding hydrogens is 495 g/mol. The largest absolute Gasteiger partial charge is 1.00 e. The molecule has 10 nitrogen and oxygen atoms in total. The summed E-state index contributed by atoms with van der Waals surface area (Å²) in [5, 5.41) is 7.71. The van der Waals surface area contributed by atoms with Crippen molar-refractivity contribution in [3.8, 4) is 0 Å². The van der Waals surface area contributed by atoms with Gasteiger partial charge in [-0.1, -0.05) is 18.2 Å². The van der Waals surface area contributed by atoms with Gasteiger partial charge in [0, 0.05) is 0 Å². The Morgan fingerprint density at radius 1 is 0.871 bits per heavy atom. The quantitative estimate of drug-likeness (QED) is 0.276. The maximum Gasteiger partial charge on any atom is 1.00 e. The summed E-state index contributed by atoms with van der Waals surface area (Å²) in [4.78, 5) is -3.00. The van der Waals surface area contributed by atoms with Gasteiger partial charge in [0.15, 0.2) is 0 Å². The first-order valence-electron chi connectivity index (χ1n) is 8.14. The number of sulfone groups is 1. The molecule has 2 aromatic carbocycles. The second kappa shape index (κ2) is 9.82. The molecule has 0 aliphatic heterocycles. The molecule has 31 heavy (non-hydrogen) atoms. The molecule has 0 unspecified atom stereocenters. The molecule has 3 rings (SSSR count). The van der Waals surface area contributed by atoms with E-state index < -0.39 is 50.4 Å². The molecule has 0 atom stereocenters. The third kappa shape index (κ3) is 6.04. The molecule has 0 saturated carbocycles. The number of nitrogens with two attached hydrogens (primary N) is 1. The topological polar surface area (TPSA) is 177 Å². The van der Waals surface area contributed by atoms with E-state index in [9.17, 15) is 29.8 Å². The monoisotopic (exact) mass is 510 g/mol.